The van der Waals surface area contributed by atoms with Crippen LogP contribution in [0.3, 0.4) is 0 Å². The van der Waals surface area contributed by atoms with Crippen molar-refractivity contribution in [1.82, 2.24) is 20.1 Å². The molecule has 144 valence electrons. The number of halogens is 1. The van der Waals surface area contributed by atoms with Gasteiger partial charge in [0.15, 0.2) is 11.0 Å². The highest BCUT2D eigenvalue weighted by Crippen LogP contribution is 2.23. The maximum Gasteiger partial charge on any atom is 0.230 e. The maximum atomic E-state index is 12.2. The average molecular weight is 413 g/mol. The molecule has 5 nitrogen and oxygen atoms in total. The fraction of sp³-hybridized carbons (Fsp3) is 0.190. The van der Waals surface area contributed by atoms with Crippen molar-refractivity contribution < 1.29 is 4.79 Å². The molecule has 1 amide bonds. The fourth-order valence-corrected chi connectivity index (χ4v) is 3.70. The second-order valence-electron chi connectivity index (χ2n) is 6.09. The number of thioether (sulfide) groups is 1. The molecule has 0 spiro atoms. The topological polar surface area (TPSA) is 59.8 Å². The van der Waals surface area contributed by atoms with Crippen LogP contribution in [0.4, 0.5) is 0 Å². The lowest BCUT2D eigenvalue weighted by molar-refractivity contribution is -0.118. The quantitative estimate of drug-likeness (QED) is 0.422. The summed E-state index contributed by atoms with van der Waals surface area (Å²) in [5, 5.41) is 12.9. The van der Waals surface area contributed by atoms with E-state index < -0.39 is 0 Å². The van der Waals surface area contributed by atoms with Gasteiger partial charge >= 0.3 is 0 Å². The van der Waals surface area contributed by atoms with E-state index in [1.807, 2.05) is 59.2 Å². The summed E-state index contributed by atoms with van der Waals surface area (Å²) in [5.41, 5.74) is 2.08. The van der Waals surface area contributed by atoms with Crippen molar-refractivity contribution in [3.8, 4) is 11.4 Å². The molecule has 1 N–H and O–H groups in total. The van der Waals surface area contributed by atoms with Crippen molar-refractivity contribution in [2.75, 3.05) is 12.3 Å². The molecule has 1 aromatic heterocycles. The summed E-state index contributed by atoms with van der Waals surface area (Å²) in [6.45, 7) is 4.95. The summed E-state index contributed by atoms with van der Waals surface area (Å²) < 4.78 is 1.96. The minimum absolute atomic E-state index is 0.0403. The molecule has 0 aliphatic rings. The normalized spacial score (nSPS) is 10.6. The largest absolute Gasteiger partial charge is 0.355 e. The minimum Gasteiger partial charge on any atom is -0.355 e. The Kier molecular flexibility index (Phi) is 7.28. The standard InChI is InChI=1S/C21H21ClN4OS/c1-2-13-26-20(17-8-4-3-5-9-17)24-25-21(26)28-15-19(27)23-12-11-16-7-6-10-18(22)14-16/h2-10,14H,1,11-13,15H2,(H,23,27). The van der Waals surface area contributed by atoms with Crippen LogP contribution in [0.5, 0.6) is 0 Å². The number of carbonyl (C=O) groups excluding carboxylic acids is 1. The average Bonchev–Trinajstić information content (AvgIpc) is 3.10. The summed E-state index contributed by atoms with van der Waals surface area (Å²) in [5.74, 6) is 1.00. The number of allylic oxidation sites excluding steroid dienone is 1. The van der Waals surface area contributed by atoms with Gasteiger partial charge in [0.1, 0.15) is 0 Å². The van der Waals surface area contributed by atoms with Crippen molar-refractivity contribution in [3.63, 3.8) is 0 Å². The van der Waals surface area contributed by atoms with E-state index >= 15 is 0 Å². The number of amides is 1. The molecule has 0 unspecified atom stereocenters. The van der Waals surface area contributed by atoms with Crippen LogP contribution in [0.2, 0.25) is 5.02 Å². The smallest absolute Gasteiger partial charge is 0.230 e. The van der Waals surface area contributed by atoms with Crippen molar-refractivity contribution in [2.24, 2.45) is 0 Å². The van der Waals surface area contributed by atoms with E-state index in [1.54, 1.807) is 6.08 Å². The number of aromatic nitrogens is 3. The first kappa shape index (κ1) is 20.2. The van der Waals surface area contributed by atoms with Crippen LogP contribution in [0.15, 0.2) is 72.4 Å². The van der Waals surface area contributed by atoms with Crippen LogP contribution < -0.4 is 5.32 Å². The van der Waals surface area contributed by atoms with Gasteiger partial charge in [-0.15, -0.1) is 16.8 Å². The Hall–Kier alpha value is -2.57. The first-order valence-electron chi connectivity index (χ1n) is 8.91. The van der Waals surface area contributed by atoms with E-state index in [0.29, 0.717) is 23.3 Å². The van der Waals surface area contributed by atoms with Gasteiger partial charge in [-0.25, -0.2) is 0 Å². The number of nitrogens with one attached hydrogen (secondary N) is 1. The minimum atomic E-state index is -0.0403. The first-order chi connectivity index (χ1) is 13.7. The Morgan fingerprint density at radius 2 is 2.00 bits per heavy atom. The molecule has 3 aromatic rings. The lowest BCUT2D eigenvalue weighted by Gasteiger charge is -2.08. The van der Waals surface area contributed by atoms with Crippen molar-refractivity contribution in [3.05, 3.63) is 77.8 Å². The van der Waals surface area contributed by atoms with E-state index in [0.717, 1.165) is 23.4 Å². The number of hydrogen-bond donors (Lipinski definition) is 1. The number of benzene rings is 2. The van der Waals surface area contributed by atoms with Crippen LogP contribution in [0.25, 0.3) is 11.4 Å². The van der Waals surface area contributed by atoms with Gasteiger partial charge in [0.05, 0.1) is 5.75 Å². The molecule has 0 aliphatic heterocycles. The number of hydrogen-bond acceptors (Lipinski definition) is 4. The van der Waals surface area contributed by atoms with Crippen LogP contribution in [-0.4, -0.2) is 33.0 Å². The Balaban J connectivity index is 1.55. The summed E-state index contributed by atoms with van der Waals surface area (Å²) in [6, 6.07) is 17.5. The Labute approximate surface area is 173 Å². The molecular formula is C21H21ClN4OS. The van der Waals surface area contributed by atoms with E-state index in [4.69, 9.17) is 11.6 Å². The van der Waals surface area contributed by atoms with Gasteiger partial charge in [-0.3, -0.25) is 9.36 Å². The molecule has 0 fully saturated rings. The predicted octanol–water partition coefficient (Wildman–Crippen LogP) is 4.24. The molecule has 0 atom stereocenters. The lowest BCUT2D eigenvalue weighted by Crippen LogP contribution is -2.27. The number of rotatable bonds is 9. The number of nitrogens with zero attached hydrogens (tertiary/aromatic N) is 3. The molecule has 1 heterocycles. The summed E-state index contributed by atoms with van der Waals surface area (Å²) >= 11 is 7.35. The fourth-order valence-electron chi connectivity index (χ4n) is 2.71. The molecule has 0 bridgehead atoms. The summed E-state index contributed by atoms with van der Waals surface area (Å²) in [6.07, 6.45) is 2.53. The highest BCUT2D eigenvalue weighted by Gasteiger charge is 2.14. The Bertz CT molecular complexity index is 943. The zero-order valence-corrected chi connectivity index (χ0v) is 16.9. The van der Waals surface area contributed by atoms with Gasteiger partial charge in [0, 0.05) is 23.7 Å². The van der Waals surface area contributed by atoms with Crippen LogP contribution in [-0.2, 0) is 17.8 Å². The molecule has 0 radical (unpaired) electrons. The highest BCUT2D eigenvalue weighted by atomic mass is 35.5. The van der Waals surface area contributed by atoms with Crippen molar-refractivity contribution in [1.29, 1.82) is 0 Å². The van der Waals surface area contributed by atoms with Gasteiger partial charge in [0.25, 0.3) is 0 Å². The van der Waals surface area contributed by atoms with E-state index in [2.05, 4.69) is 22.1 Å². The summed E-state index contributed by atoms with van der Waals surface area (Å²) in [7, 11) is 0. The van der Waals surface area contributed by atoms with Crippen molar-refractivity contribution >= 4 is 29.3 Å². The van der Waals surface area contributed by atoms with Crippen LogP contribution in [0.1, 0.15) is 5.56 Å². The third kappa shape index (κ3) is 5.47. The van der Waals surface area contributed by atoms with Crippen molar-refractivity contribution in [2.45, 2.75) is 18.1 Å². The monoisotopic (exact) mass is 412 g/mol. The molecule has 3 rings (SSSR count). The number of carbonyl (C=O) groups is 1. The third-order valence-corrected chi connectivity index (χ3v) is 5.22. The maximum absolute atomic E-state index is 12.2. The lowest BCUT2D eigenvalue weighted by atomic mass is 10.1. The molecule has 0 saturated heterocycles. The Morgan fingerprint density at radius 1 is 1.18 bits per heavy atom. The van der Waals surface area contributed by atoms with Gasteiger partial charge in [0.2, 0.25) is 5.91 Å². The molecule has 0 aliphatic carbocycles. The van der Waals surface area contributed by atoms with Crippen LogP contribution in [0, 0.1) is 0 Å². The first-order valence-corrected chi connectivity index (χ1v) is 10.3. The SMILES string of the molecule is C=CCn1c(SCC(=O)NCCc2cccc(Cl)c2)nnc1-c1ccccc1. The molecule has 0 saturated carbocycles. The van der Waals surface area contributed by atoms with E-state index in [9.17, 15) is 4.79 Å². The van der Waals surface area contributed by atoms with Gasteiger partial charge < -0.3 is 5.32 Å². The summed E-state index contributed by atoms with van der Waals surface area (Å²) in [4.78, 5) is 12.2. The molecule has 2 aromatic carbocycles. The second-order valence-corrected chi connectivity index (χ2v) is 7.47. The molecule has 7 heteroatoms. The zero-order chi connectivity index (χ0) is 19.8. The van der Waals surface area contributed by atoms with E-state index in [1.165, 1.54) is 11.8 Å². The second kappa shape index (κ2) is 10.1. The third-order valence-electron chi connectivity index (χ3n) is 4.02. The van der Waals surface area contributed by atoms with E-state index in [-0.39, 0.29) is 11.7 Å². The molecular weight excluding hydrogens is 392 g/mol. The zero-order valence-electron chi connectivity index (χ0n) is 15.3. The Morgan fingerprint density at radius 3 is 2.75 bits per heavy atom. The molecule has 28 heavy (non-hydrogen) atoms. The predicted molar refractivity (Wildman–Crippen MR) is 115 cm³/mol. The van der Waals surface area contributed by atoms with Gasteiger partial charge in [-0.1, -0.05) is 71.9 Å². The van der Waals surface area contributed by atoms with Gasteiger partial charge in [-0.2, -0.15) is 0 Å². The van der Waals surface area contributed by atoms with Crippen LogP contribution >= 0.6 is 23.4 Å². The highest BCUT2D eigenvalue weighted by molar-refractivity contribution is 7.99. The van der Waals surface area contributed by atoms with Gasteiger partial charge in [-0.05, 0) is 24.1 Å².